The number of imidazole rings is 1. The summed E-state index contributed by atoms with van der Waals surface area (Å²) in [5.74, 6) is 0.475. The van der Waals surface area contributed by atoms with Crippen LogP contribution in [0.3, 0.4) is 0 Å². The summed E-state index contributed by atoms with van der Waals surface area (Å²) in [4.78, 5) is 27.2. The number of rotatable bonds is 2. The smallest absolute Gasteiger partial charge is 0.306 e. The maximum absolute atomic E-state index is 10.9. The molecule has 17 heavy (non-hydrogen) atoms. The van der Waals surface area contributed by atoms with Gasteiger partial charge in [-0.2, -0.15) is 0 Å². The van der Waals surface area contributed by atoms with Crippen molar-refractivity contribution in [3.8, 4) is 0 Å². The number of aromatic nitrogens is 2. The third kappa shape index (κ3) is 1.59. The van der Waals surface area contributed by atoms with Crippen LogP contribution in [0.1, 0.15) is 11.4 Å². The molecule has 8 heteroatoms. The Bertz CT molecular complexity index is 646. The SMILES string of the molecule is Cc1nc2c([N+](=O)[O-])c(C)c([N+](=O)[O-])cc2[nH]1. The highest BCUT2D eigenvalue weighted by molar-refractivity contribution is 5.89. The van der Waals surface area contributed by atoms with Crippen LogP contribution in [0.15, 0.2) is 6.07 Å². The second-order valence-electron chi connectivity index (χ2n) is 3.60. The number of benzene rings is 1. The highest BCUT2D eigenvalue weighted by Gasteiger charge is 2.27. The van der Waals surface area contributed by atoms with Crippen LogP contribution in [0, 0.1) is 34.1 Å². The summed E-state index contributed by atoms with van der Waals surface area (Å²) < 4.78 is 0. The predicted molar refractivity (Wildman–Crippen MR) is 58.9 cm³/mol. The number of hydrogen-bond donors (Lipinski definition) is 1. The molecule has 0 saturated carbocycles. The second kappa shape index (κ2) is 3.51. The molecule has 1 N–H and O–H groups in total. The number of fused-ring (bicyclic) bond motifs is 1. The fraction of sp³-hybridized carbons (Fsp3) is 0.222. The maximum Gasteiger partial charge on any atom is 0.306 e. The lowest BCUT2D eigenvalue weighted by atomic mass is 10.1. The highest BCUT2D eigenvalue weighted by Crippen LogP contribution is 2.34. The lowest BCUT2D eigenvalue weighted by molar-refractivity contribution is -0.394. The third-order valence-electron chi connectivity index (χ3n) is 2.47. The van der Waals surface area contributed by atoms with Crippen LogP contribution in [0.4, 0.5) is 11.4 Å². The van der Waals surface area contributed by atoms with Gasteiger partial charge in [-0.25, -0.2) is 4.98 Å². The molecule has 2 rings (SSSR count). The first-order valence-corrected chi connectivity index (χ1v) is 4.70. The van der Waals surface area contributed by atoms with E-state index in [4.69, 9.17) is 0 Å². The Balaban J connectivity index is 2.94. The minimum atomic E-state index is -0.648. The molecule has 0 unspecified atom stereocenters. The van der Waals surface area contributed by atoms with Gasteiger partial charge in [-0.3, -0.25) is 20.2 Å². The topological polar surface area (TPSA) is 115 Å². The Kier molecular flexibility index (Phi) is 2.27. The monoisotopic (exact) mass is 236 g/mol. The summed E-state index contributed by atoms with van der Waals surface area (Å²) in [6.45, 7) is 2.98. The number of aryl methyl sites for hydroxylation is 1. The van der Waals surface area contributed by atoms with E-state index in [1.165, 1.54) is 13.0 Å². The van der Waals surface area contributed by atoms with Gasteiger partial charge in [-0.05, 0) is 13.8 Å². The van der Waals surface area contributed by atoms with E-state index in [0.29, 0.717) is 11.3 Å². The Morgan fingerprint density at radius 2 is 1.88 bits per heavy atom. The molecule has 1 aromatic heterocycles. The average molecular weight is 236 g/mol. The van der Waals surface area contributed by atoms with Crippen LogP contribution in [0.2, 0.25) is 0 Å². The summed E-state index contributed by atoms with van der Waals surface area (Å²) in [6.07, 6.45) is 0. The van der Waals surface area contributed by atoms with E-state index in [0.717, 1.165) is 0 Å². The molecule has 0 spiro atoms. The Labute approximate surface area is 94.6 Å². The molecule has 8 nitrogen and oxygen atoms in total. The van der Waals surface area contributed by atoms with Gasteiger partial charge in [0.1, 0.15) is 11.4 Å². The lowest BCUT2D eigenvalue weighted by Crippen LogP contribution is -1.98. The van der Waals surface area contributed by atoms with Gasteiger partial charge in [0.25, 0.3) is 5.69 Å². The quantitative estimate of drug-likeness (QED) is 0.632. The van der Waals surface area contributed by atoms with Crippen LogP contribution in [-0.4, -0.2) is 19.8 Å². The fourth-order valence-corrected chi connectivity index (χ4v) is 1.75. The molecule has 0 atom stereocenters. The molecule has 0 amide bonds. The van der Waals surface area contributed by atoms with Gasteiger partial charge >= 0.3 is 5.69 Å². The van der Waals surface area contributed by atoms with Gasteiger partial charge in [0.2, 0.25) is 0 Å². The number of aromatic amines is 1. The maximum atomic E-state index is 10.9. The van der Waals surface area contributed by atoms with Crippen molar-refractivity contribution in [1.29, 1.82) is 0 Å². The van der Waals surface area contributed by atoms with Crippen molar-refractivity contribution in [3.63, 3.8) is 0 Å². The normalized spacial score (nSPS) is 10.7. The van der Waals surface area contributed by atoms with Crippen LogP contribution in [0.5, 0.6) is 0 Å². The molecular weight excluding hydrogens is 228 g/mol. The number of hydrogen-bond acceptors (Lipinski definition) is 5. The predicted octanol–water partition coefficient (Wildman–Crippen LogP) is 2.00. The van der Waals surface area contributed by atoms with Gasteiger partial charge < -0.3 is 4.98 Å². The van der Waals surface area contributed by atoms with Crippen molar-refractivity contribution in [2.75, 3.05) is 0 Å². The molecule has 88 valence electrons. The zero-order valence-electron chi connectivity index (χ0n) is 9.05. The van der Waals surface area contributed by atoms with E-state index in [-0.39, 0.29) is 22.5 Å². The minimum absolute atomic E-state index is 0.0130. The molecule has 0 aliphatic heterocycles. The van der Waals surface area contributed by atoms with E-state index in [1.54, 1.807) is 6.92 Å². The summed E-state index contributed by atoms with van der Waals surface area (Å²) in [5.41, 5.74) is -0.146. The first-order valence-electron chi connectivity index (χ1n) is 4.70. The fourth-order valence-electron chi connectivity index (χ4n) is 1.75. The molecule has 1 aromatic carbocycles. The highest BCUT2D eigenvalue weighted by atomic mass is 16.6. The van der Waals surface area contributed by atoms with Crippen molar-refractivity contribution >= 4 is 22.4 Å². The van der Waals surface area contributed by atoms with Crippen LogP contribution in [0.25, 0.3) is 11.0 Å². The van der Waals surface area contributed by atoms with Crippen molar-refractivity contribution < 1.29 is 9.85 Å². The van der Waals surface area contributed by atoms with Crippen LogP contribution >= 0.6 is 0 Å². The average Bonchev–Trinajstić information content (AvgIpc) is 2.55. The van der Waals surface area contributed by atoms with Gasteiger partial charge in [-0.1, -0.05) is 0 Å². The van der Waals surface area contributed by atoms with Crippen LogP contribution in [-0.2, 0) is 0 Å². The van der Waals surface area contributed by atoms with Crippen molar-refractivity contribution in [2.24, 2.45) is 0 Å². The standard InChI is InChI=1S/C9H8N4O4/c1-4-7(12(14)15)3-6-8(9(4)13(16)17)11-5(2)10-6/h3H,1-2H3,(H,10,11). The van der Waals surface area contributed by atoms with Gasteiger partial charge in [-0.15, -0.1) is 0 Å². The molecule has 0 aliphatic rings. The Morgan fingerprint density at radius 3 is 2.41 bits per heavy atom. The molecule has 0 aliphatic carbocycles. The largest absolute Gasteiger partial charge is 0.342 e. The van der Waals surface area contributed by atoms with Crippen molar-refractivity contribution in [3.05, 3.63) is 37.7 Å². The van der Waals surface area contributed by atoms with Crippen molar-refractivity contribution in [2.45, 2.75) is 13.8 Å². The minimum Gasteiger partial charge on any atom is -0.342 e. The summed E-state index contributed by atoms with van der Waals surface area (Å²) >= 11 is 0. The van der Waals surface area contributed by atoms with E-state index in [1.807, 2.05) is 0 Å². The Morgan fingerprint density at radius 1 is 1.24 bits per heavy atom. The summed E-state index contributed by atoms with van der Waals surface area (Å²) in [7, 11) is 0. The zero-order chi connectivity index (χ0) is 12.7. The third-order valence-corrected chi connectivity index (χ3v) is 2.47. The number of nitrogens with one attached hydrogen (secondary N) is 1. The molecule has 0 saturated heterocycles. The number of H-pyrrole nitrogens is 1. The van der Waals surface area contributed by atoms with Gasteiger partial charge in [0.15, 0.2) is 5.52 Å². The second-order valence-corrected chi connectivity index (χ2v) is 3.60. The lowest BCUT2D eigenvalue weighted by Gasteiger charge is -1.99. The van der Waals surface area contributed by atoms with Crippen LogP contribution < -0.4 is 0 Å². The van der Waals surface area contributed by atoms with E-state index in [9.17, 15) is 20.2 Å². The first kappa shape index (κ1) is 11.0. The Hall–Kier alpha value is -2.51. The molecular formula is C9H8N4O4. The van der Waals surface area contributed by atoms with Gasteiger partial charge in [0.05, 0.1) is 15.4 Å². The molecule has 1 heterocycles. The van der Waals surface area contributed by atoms with E-state index < -0.39 is 9.85 Å². The number of nitrogens with zero attached hydrogens (tertiary/aromatic N) is 3. The molecule has 0 fully saturated rings. The van der Waals surface area contributed by atoms with E-state index >= 15 is 0 Å². The van der Waals surface area contributed by atoms with Crippen molar-refractivity contribution in [1.82, 2.24) is 9.97 Å². The first-order chi connectivity index (χ1) is 7.91. The molecule has 0 bridgehead atoms. The number of nitro groups is 2. The van der Waals surface area contributed by atoms with E-state index in [2.05, 4.69) is 9.97 Å². The summed E-state index contributed by atoms with van der Waals surface area (Å²) in [5, 5.41) is 21.7. The molecule has 2 aromatic rings. The zero-order valence-corrected chi connectivity index (χ0v) is 9.05. The molecule has 0 radical (unpaired) electrons. The van der Waals surface area contributed by atoms with Gasteiger partial charge in [0, 0.05) is 6.07 Å². The summed E-state index contributed by atoms with van der Waals surface area (Å²) in [6, 6.07) is 1.26. The number of nitro benzene ring substituents is 2.